The van der Waals surface area contributed by atoms with Crippen LogP contribution in [0, 0.1) is 6.92 Å². The van der Waals surface area contributed by atoms with Crippen LogP contribution < -0.4 is 5.32 Å². The fraction of sp³-hybridized carbons (Fsp3) is 0.571. The molecule has 15 heavy (non-hydrogen) atoms. The largest absolute Gasteiger partial charge is 0.310 e. The zero-order valence-corrected chi connectivity index (χ0v) is 9.84. The van der Waals surface area contributed by atoms with Gasteiger partial charge in [0.2, 0.25) is 0 Å². The van der Waals surface area contributed by atoms with Gasteiger partial charge in [-0.2, -0.15) is 0 Å². The Morgan fingerprint density at radius 2 is 2.13 bits per heavy atom. The lowest BCUT2D eigenvalue weighted by Gasteiger charge is -2.09. The average Bonchev–Trinajstić information content (AvgIpc) is 3.03. The number of rotatable bonds is 5. The van der Waals surface area contributed by atoms with E-state index in [0.29, 0.717) is 0 Å². The van der Waals surface area contributed by atoms with E-state index in [4.69, 9.17) is 0 Å². The van der Waals surface area contributed by atoms with Gasteiger partial charge in [-0.1, -0.05) is 31.5 Å². The summed E-state index contributed by atoms with van der Waals surface area (Å²) in [4.78, 5) is 0. The van der Waals surface area contributed by atoms with Gasteiger partial charge < -0.3 is 5.32 Å². The Balaban J connectivity index is 2.01. The smallest absolute Gasteiger partial charge is 0.0210 e. The molecule has 0 radical (unpaired) electrons. The first kappa shape index (κ1) is 10.7. The maximum atomic E-state index is 3.58. The second-order valence-electron chi connectivity index (χ2n) is 4.67. The Morgan fingerprint density at radius 1 is 1.33 bits per heavy atom. The molecule has 0 heterocycles. The van der Waals surface area contributed by atoms with Gasteiger partial charge in [-0.15, -0.1) is 0 Å². The number of hydrogen-bond acceptors (Lipinski definition) is 1. The third-order valence-electron chi connectivity index (χ3n) is 3.11. The summed E-state index contributed by atoms with van der Waals surface area (Å²) < 4.78 is 0. The van der Waals surface area contributed by atoms with Crippen molar-refractivity contribution in [3.05, 3.63) is 34.9 Å². The summed E-state index contributed by atoms with van der Waals surface area (Å²) >= 11 is 0. The Labute approximate surface area is 92.9 Å². The molecule has 0 bridgehead atoms. The number of nitrogens with one attached hydrogen (secondary N) is 1. The van der Waals surface area contributed by atoms with E-state index in [0.717, 1.165) is 12.6 Å². The molecule has 1 heteroatoms. The summed E-state index contributed by atoms with van der Waals surface area (Å²) in [7, 11) is 0. The zero-order valence-electron chi connectivity index (χ0n) is 9.84. The molecule has 2 rings (SSSR count). The molecule has 1 fully saturated rings. The fourth-order valence-electron chi connectivity index (χ4n) is 1.90. The van der Waals surface area contributed by atoms with Gasteiger partial charge in [-0.3, -0.25) is 0 Å². The number of aryl methyl sites for hydroxylation is 2. The molecule has 82 valence electrons. The maximum absolute atomic E-state index is 3.58. The summed E-state index contributed by atoms with van der Waals surface area (Å²) in [6.07, 6.45) is 5.18. The molecule has 0 amide bonds. The topological polar surface area (TPSA) is 12.0 Å². The molecule has 1 aliphatic rings. The van der Waals surface area contributed by atoms with Crippen molar-refractivity contribution in [3.8, 4) is 0 Å². The van der Waals surface area contributed by atoms with Gasteiger partial charge in [0, 0.05) is 12.6 Å². The second kappa shape index (κ2) is 4.80. The average molecular weight is 203 g/mol. The van der Waals surface area contributed by atoms with E-state index in [1.807, 2.05) is 0 Å². The van der Waals surface area contributed by atoms with Crippen LogP contribution in [0.3, 0.4) is 0 Å². The lowest BCUT2D eigenvalue weighted by molar-refractivity contribution is 0.684. The SMILES string of the molecule is CCCc1ccc(C)c(CNC2CC2)c1. The molecule has 0 unspecified atom stereocenters. The molecule has 1 nitrogen and oxygen atoms in total. The fourth-order valence-corrected chi connectivity index (χ4v) is 1.90. The van der Waals surface area contributed by atoms with Gasteiger partial charge in [0.05, 0.1) is 0 Å². The van der Waals surface area contributed by atoms with Crippen molar-refractivity contribution in [2.45, 2.75) is 52.1 Å². The first-order valence-corrected chi connectivity index (χ1v) is 6.11. The van der Waals surface area contributed by atoms with Gasteiger partial charge in [0.1, 0.15) is 0 Å². The van der Waals surface area contributed by atoms with E-state index in [1.54, 1.807) is 0 Å². The lowest BCUT2D eigenvalue weighted by Crippen LogP contribution is -2.16. The monoisotopic (exact) mass is 203 g/mol. The highest BCUT2D eigenvalue weighted by atomic mass is 14.9. The number of benzene rings is 1. The normalized spacial score (nSPS) is 15.6. The zero-order chi connectivity index (χ0) is 10.7. The van der Waals surface area contributed by atoms with E-state index in [1.165, 1.54) is 42.4 Å². The van der Waals surface area contributed by atoms with E-state index in [2.05, 4.69) is 37.4 Å². The van der Waals surface area contributed by atoms with Crippen LogP contribution in [0.15, 0.2) is 18.2 Å². The summed E-state index contributed by atoms with van der Waals surface area (Å²) in [5, 5.41) is 3.58. The molecule has 1 aromatic rings. The van der Waals surface area contributed by atoms with Crippen molar-refractivity contribution >= 4 is 0 Å². The molecule has 1 aliphatic carbocycles. The van der Waals surface area contributed by atoms with Crippen molar-refractivity contribution in [1.29, 1.82) is 0 Å². The third-order valence-corrected chi connectivity index (χ3v) is 3.11. The van der Waals surface area contributed by atoms with Crippen LogP contribution in [0.2, 0.25) is 0 Å². The predicted octanol–water partition coefficient (Wildman–Crippen LogP) is 3.20. The van der Waals surface area contributed by atoms with Gasteiger partial charge >= 0.3 is 0 Å². The third kappa shape index (κ3) is 3.07. The Hall–Kier alpha value is -0.820. The molecular formula is C14H21N. The van der Waals surface area contributed by atoms with Crippen LogP contribution in [-0.2, 0) is 13.0 Å². The Kier molecular flexibility index (Phi) is 3.42. The standard InChI is InChI=1S/C14H21N/c1-3-4-12-6-5-11(2)13(9-12)10-15-14-7-8-14/h5-6,9,14-15H,3-4,7-8,10H2,1-2H3. The van der Waals surface area contributed by atoms with Crippen molar-refractivity contribution in [3.63, 3.8) is 0 Å². The molecule has 1 N–H and O–H groups in total. The van der Waals surface area contributed by atoms with Crippen LogP contribution in [-0.4, -0.2) is 6.04 Å². The summed E-state index contributed by atoms with van der Waals surface area (Å²) in [6, 6.07) is 7.70. The molecule has 1 saturated carbocycles. The van der Waals surface area contributed by atoms with Crippen LogP contribution in [0.4, 0.5) is 0 Å². The first-order chi connectivity index (χ1) is 7.29. The van der Waals surface area contributed by atoms with Crippen molar-refractivity contribution in [2.75, 3.05) is 0 Å². The molecule has 0 aromatic heterocycles. The summed E-state index contributed by atoms with van der Waals surface area (Å²) in [6.45, 7) is 5.50. The highest BCUT2D eigenvalue weighted by Crippen LogP contribution is 2.20. The lowest BCUT2D eigenvalue weighted by atomic mass is 10.0. The van der Waals surface area contributed by atoms with Crippen molar-refractivity contribution < 1.29 is 0 Å². The van der Waals surface area contributed by atoms with Crippen molar-refractivity contribution in [2.24, 2.45) is 0 Å². The molecule has 0 saturated heterocycles. The minimum atomic E-state index is 0.805. The van der Waals surface area contributed by atoms with E-state index in [9.17, 15) is 0 Å². The van der Waals surface area contributed by atoms with E-state index < -0.39 is 0 Å². The van der Waals surface area contributed by atoms with Gasteiger partial charge in [-0.25, -0.2) is 0 Å². The maximum Gasteiger partial charge on any atom is 0.0210 e. The van der Waals surface area contributed by atoms with Crippen LogP contribution in [0.1, 0.15) is 42.9 Å². The number of hydrogen-bond donors (Lipinski definition) is 1. The minimum absolute atomic E-state index is 0.805. The van der Waals surface area contributed by atoms with Gasteiger partial charge in [0.25, 0.3) is 0 Å². The molecule has 0 atom stereocenters. The quantitative estimate of drug-likeness (QED) is 0.775. The second-order valence-corrected chi connectivity index (χ2v) is 4.67. The molecule has 0 spiro atoms. The highest BCUT2D eigenvalue weighted by molar-refractivity contribution is 5.31. The Bertz CT molecular complexity index is 326. The highest BCUT2D eigenvalue weighted by Gasteiger charge is 2.20. The van der Waals surface area contributed by atoms with Gasteiger partial charge in [0.15, 0.2) is 0 Å². The molecular weight excluding hydrogens is 182 g/mol. The first-order valence-electron chi connectivity index (χ1n) is 6.11. The predicted molar refractivity (Wildman–Crippen MR) is 65.0 cm³/mol. The molecule has 0 aliphatic heterocycles. The minimum Gasteiger partial charge on any atom is -0.310 e. The summed E-state index contributed by atoms with van der Waals surface area (Å²) in [5.41, 5.74) is 4.38. The van der Waals surface area contributed by atoms with Crippen LogP contribution in [0.5, 0.6) is 0 Å². The summed E-state index contributed by atoms with van der Waals surface area (Å²) in [5.74, 6) is 0. The van der Waals surface area contributed by atoms with Crippen LogP contribution in [0.25, 0.3) is 0 Å². The van der Waals surface area contributed by atoms with Crippen LogP contribution >= 0.6 is 0 Å². The molecule has 1 aromatic carbocycles. The van der Waals surface area contributed by atoms with Gasteiger partial charge in [-0.05, 0) is 42.9 Å². The van der Waals surface area contributed by atoms with Crippen molar-refractivity contribution in [1.82, 2.24) is 5.32 Å². The van der Waals surface area contributed by atoms with E-state index in [-0.39, 0.29) is 0 Å². The Morgan fingerprint density at radius 3 is 2.80 bits per heavy atom. The van der Waals surface area contributed by atoms with E-state index >= 15 is 0 Å².